The highest BCUT2D eigenvalue weighted by molar-refractivity contribution is 5.41. The average molecular weight is 186 g/mol. The number of aromatic nitrogens is 1. The van der Waals surface area contributed by atoms with Gasteiger partial charge in [0.2, 0.25) is 0 Å². The van der Waals surface area contributed by atoms with Gasteiger partial charge in [-0.15, -0.1) is 0 Å². The van der Waals surface area contributed by atoms with E-state index < -0.39 is 17.3 Å². The number of hydrogen-bond donors (Lipinski definition) is 0. The van der Waals surface area contributed by atoms with Crippen LogP contribution in [0.1, 0.15) is 16.8 Å². The number of aryl methyl sites for hydroxylation is 1. The summed E-state index contributed by atoms with van der Waals surface area (Å²) in [7, 11) is 0. The van der Waals surface area contributed by atoms with Crippen molar-refractivity contribution >= 4 is 0 Å². The van der Waals surface area contributed by atoms with E-state index in [9.17, 15) is 13.2 Å². The Balaban J connectivity index is 3.40. The molecule has 0 fully saturated rings. The fraction of sp³-hybridized carbons (Fsp3) is 0.250. The molecule has 0 aliphatic rings. The van der Waals surface area contributed by atoms with Gasteiger partial charge in [0, 0.05) is 6.20 Å². The third-order valence-electron chi connectivity index (χ3n) is 1.56. The molecule has 0 unspecified atom stereocenters. The molecule has 68 valence electrons. The summed E-state index contributed by atoms with van der Waals surface area (Å²) in [6.45, 7) is 1.37. The Morgan fingerprint density at radius 1 is 1.46 bits per heavy atom. The Hall–Kier alpha value is -1.57. The molecule has 1 rings (SSSR count). The van der Waals surface area contributed by atoms with Crippen LogP contribution < -0.4 is 0 Å². The Kier molecular flexibility index (Phi) is 2.24. The van der Waals surface area contributed by atoms with Gasteiger partial charge in [0.1, 0.15) is 6.07 Å². The SMILES string of the molecule is Cc1nccc(C(F)(F)F)c1C#N. The number of nitriles is 1. The van der Waals surface area contributed by atoms with E-state index in [-0.39, 0.29) is 5.69 Å². The molecule has 0 aromatic carbocycles. The van der Waals surface area contributed by atoms with Gasteiger partial charge in [-0.2, -0.15) is 18.4 Å². The molecule has 0 atom stereocenters. The zero-order chi connectivity index (χ0) is 10.1. The number of hydrogen-bond acceptors (Lipinski definition) is 2. The van der Waals surface area contributed by atoms with E-state index in [4.69, 9.17) is 5.26 Å². The zero-order valence-electron chi connectivity index (χ0n) is 6.68. The first-order valence-electron chi connectivity index (χ1n) is 3.39. The highest BCUT2D eigenvalue weighted by Crippen LogP contribution is 2.31. The molecule has 13 heavy (non-hydrogen) atoms. The van der Waals surface area contributed by atoms with E-state index in [0.29, 0.717) is 0 Å². The molecule has 1 aromatic heterocycles. The van der Waals surface area contributed by atoms with Crippen molar-refractivity contribution in [1.29, 1.82) is 5.26 Å². The molecule has 0 amide bonds. The number of pyridine rings is 1. The van der Waals surface area contributed by atoms with Crippen molar-refractivity contribution in [3.8, 4) is 6.07 Å². The van der Waals surface area contributed by atoms with Gasteiger partial charge in [0.25, 0.3) is 0 Å². The fourth-order valence-corrected chi connectivity index (χ4v) is 0.944. The van der Waals surface area contributed by atoms with Crippen molar-refractivity contribution in [1.82, 2.24) is 4.98 Å². The molecular formula is C8H5F3N2. The second-order valence-electron chi connectivity index (χ2n) is 2.43. The molecular weight excluding hydrogens is 181 g/mol. The van der Waals surface area contributed by atoms with Crippen LogP contribution >= 0.6 is 0 Å². The average Bonchev–Trinajstić information content (AvgIpc) is 2.02. The molecule has 1 aromatic rings. The van der Waals surface area contributed by atoms with Crippen LogP contribution in [-0.2, 0) is 6.18 Å². The lowest BCUT2D eigenvalue weighted by molar-refractivity contribution is -0.137. The maximum atomic E-state index is 12.2. The summed E-state index contributed by atoms with van der Waals surface area (Å²) in [6.07, 6.45) is -3.45. The lowest BCUT2D eigenvalue weighted by atomic mass is 10.1. The number of alkyl halides is 3. The lowest BCUT2D eigenvalue weighted by Gasteiger charge is -2.08. The third-order valence-corrected chi connectivity index (χ3v) is 1.56. The van der Waals surface area contributed by atoms with Crippen LogP contribution in [0.5, 0.6) is 0 Å². The molecule has 0 radical (unpaired) electrons. The van der Waals surface area contributed by atoms with E-state index in [0.717, 1.165) is 12.3 Å². The van der Waals surface area contributed by atoms with E-state index in [1.807, 2.05) is 0 Å². The van der Waals surface area contributed by atoms with Crippen molar-refractivity contribution in [3.63, 3.8) is 0 Å². The Bertz CT molecular complexity index is 363. The monoisotopic (exact) mass is 186 g/mol. The van der Waals surface area contributed by atoms with Crippen LogP contribution in [-0.4, -0.2) is 4.98 Å². The van der Waals surface area contributed by atoms with Gasteiger partial charge < -0.3 is 0 Å². The Morgan fingerprint density at radius 3 is 2.46 bits per heavy atom. The first kappa shape index (κ1) is 9.52. The van der Waals surface area contributed by atoms with Gasteiger partial charge in [-0.1, -0.05) is 0 Å². The van der Waals surface area contributed by atoms with Gasteiger partial charge in [0.05, 0.1) is 16.8 Å². The Morgan fingerprint density at radius 2 is 2.08 bits per heavy atom. The standard InChI is InChI=1S/C8H5F3N2/c1-5-6(4-12)7(2-3-13-5)8(9,10)11/h2-3H,1H3. The molecule has 0 N–H and O–H groups in total. The summed E-state index contributed by atoms with van der Waals surface area (Å²) in [5.74, 6) is 0. The maximum Gasteiger partial charge on any atom is 0.417 e. The van der Waals surface area contributed by atoms with Crippen LogP contribution in [0.3, 0.4) is 0 Å². The summed E-state index contributed by atoms with van der Waals surface area (Å²) >= 11 is 0. The first-order valence-corrected chi connectivity index (χ1v) is 3.39. The molecule has 2 nitrogen and oxygen atoms in total. The number of halogens is 3. The van der Waals surface area contributed by atoms with Gasteiger partial charge in [-0.3, -0.25) is 4.98 Å². The van der Waals surface area contributed by atoms with E-state index >= 15 is 0 Å². The second kappa shape index (κ2) is 3.05. The summed E-state index contributed by atoms with van der Waals surface area (Å²) in [5.41, 5.74) is -1.24. The van der Waals surface area contributed by atoms with Crippen molar-refractivity contribution in [2.45, 2.75) is 13.1 Å². The van der Waals surface area contributed by atoms with Crippen molar-refractivity contribution < 1.29 is 13.2 Å². The fourth-order valence-electron chi connectivity index (χ4n) is 0.944. The topological polar surface area (TPSA) is 36.7 Å². The minimum absolute atomic E-state index is 0.0947. The number of rotatable bonds is 0. The molecule has 5 heteroatoms. The molecule has 0 spiro atoms. The summed E-state index contributed by atoms with van der Waals surface area (Å²) < 4.78 is 36.7. The van der Waals surface area contributed by atoms with Gasteiger partial charge >= 0.3 is 6.18 Å². The van der Waals surface area contributed by atoms with Gasteiger partial charge in [-0.25, -0.2) is 0 Å². The molecule has 0 bridgehead atoms. The van der Waals surface area contributed by atoms with Crippen LogP contribution in [0.25, 0.3) is 0 Å². The van der Waals surface area contributed by atoms with E-state index in [1.165, 1.54) is 13.0 Å². The number of nitrogens with zero attached hydrogens (tertiary/aromatic N) is 2. The lowest BCUT2D eigenvalue weighted by Crippen LogP contribution is -2.09. The minimum Gasteiger partial charge on any atom is -0.260 e. The minimum atomic E-state index is -4.49. The maximum absolute atomic E-state index is 12.2. The highest BCUT2D eigenvalue weighted by atomic mass is 19.4. The van der Waals surface area contributed by atoms with Gasteiger partial charge in [0.15, 0.2) is 0 Å². The van der Waals surface area contributed by atoms with E-state index in [1.54, 1.807) is 0 Å². The molecule has 0 aliphatic carbocycles. The second-order valence-corrected chi connectivity index (χ2v) is 2.43. The van der Waals surface area contributed by atoms with Crippen LogP contribution in [0.4, 0.5) is 13.2 Å². The highest BCUT2D eigenvalue weighted by Gasteiger charge is 2.34. The predicted octanol–water partition coefficient (Wildman–Crippen LogP) is 2.28. The van der Waals surface area contributed by atoms with E-state index in [2.05, 4.69) is 4.98 Å². The summed E-state index contributed by atoms with van der Waals surface area (Å²) in [4.78, 5) is 3.60. The quantitative estimate of drug-likeness (QED) is 0.623. The van der Waals surface area contributed by atoms with Crippen LogP contribution in [0.15, 0.2) is 12.3 Å². The van der Waals surface area contributed by atoms with Crippen molar-refractivity contribution in [3.05, 3.63) is 29.1 Å². The molecule has 0 aliphatic heterocycles. The smallest absolute Gasteiger partial charge is 0.260 e. The largest absolute Gasteiger partial charge is 0.417 e. The van der Waals surface area contributed by atoms with Crippen molar-refractivity contribution in [2.75, 3.05) is 0 Å². The van der Waals surface area contributed by atoms with Crippen LogP contribution in [0.2, 0.25) is 0 Å². The molecule has 0 saturated carbocycles. The van der Waals surface area contributed by atoms with Gasteiger partial charge in [-0.05, 0) is 13.0 Å². The molecule has 1 heterocycles. The first-order chi connectivity index (χ1) is 5.96. The van der Waals surface area contributed by atoms with Crippen molar-refractivity contribution in [2.24, 2.45) is 0 Å². The zero-order valence-corrected chi connectivity index (χ0v) is 6.68. The van der Waals surface area contributed by atoms with Crippen LogP contribution in [0, 0.1) is 18.3 Å². The normalized spacial score (nSPS) is 11.0. The summed E-state index contributed by atoms with van der Waals surface area (Å²) in [5, 5.41) is 8.47. The third kappa shape index (κ3) is 1.78. The predicted molar refractivity (Wildman–Crippen MR) is 38.7 cm³/mol. The Labute approximate surface area is 72.6 Å². The summed E-state index contributed by atoms with van der Waals surface area (Å²) in [6, 6.07) is 2.29. The molecule has 0 saturated heterocycles.